The molecule has 5 nitrogen and oxygen atoms in total. The van der Waals surface area contributed by atoms with Gasteiger partial charge in [0.15, 0.2) is 0 Å². The van der Waals surface area contributed by atoms with Gasteiger partial charge in [-0.3, -0.25) is 4.79 Å². The SMILES string of the molecule is O=C(c1cc(Cl)ccc1Cl)N1CCC(NS(=O)(=O)c2ccc(Cl)cc2)CC1. The number of nitrogens with zero attached hydrogens (tertiary/aromatic N) is 1. The Hall–Kier alpha value is -1.31. The van der Waals surface area contributed by atoms with Crippen LogP contribution in [0, 0.1) is 0 Å². The molecule has 27 heavy (non-hydrogen) atoms. The topological polar surface area (TPSA) is 66.5 Å². The van der Waals surface area contributed by atoms with Gasteiger partial charge in [0.1, 0.15) is 0 Å². The van der Waals surface area contributed by atoms with Gasteiger partial charge < -0.3 is 4.90 Å². The van der Waals surface area contributed by atoms with Crippen LogP contribution in [0.3, 0.4) is 0 Å². The van der Waals surface area contributed by atoms with Gasteiger partial charge in [0, 0.05) is 29.2 Å². The minimum absolute atomic E-state index is 0.163. The van der Waals surface area contributed by atoms with Gasteiger partial charge in [-0.05, 0) is 55.3 Å². The summed E-state index contributed by atoms with van der Waals surface area (Å²) >= 11 is 17.8. The molecule has 1 fully saturated rings. The third kappa shape index (κ3) is 4.95. The van der Waals surface area contributed by atoms with E-state index in [1.165, 1.54) is 24.3 Å². The summed E-state index contributed by atoms with van der Waals surface area (Å²) < 4.78 is 27.6. The molecule has 1 N–H and O–H groups in total. The molecule has 2 aromatic rings. The van der Waals surface area contributed by atoms with Crippen LogP contribution in [-0.2, 0) is 10.0 Å². The van der Waals surface area contributed by atoms with Gasteiger partial charge in [-0.2, -0.15) is 0 Å². The van der Waals surface area contributed by atoms with E-state index in [9.17, 15) is 13.2 Å². The van der Waals surface area contributed by atoms with E-state index in [0.29, 0.717) is 46.6 Å². The number of carbonyl (C=O) groups excluding carboxylic acids is 1. The standard InChI is InChI=1S/C18H17Cl3N2O3S/c19-12-1-4-15(5-2-12)27(25,26)22-14-7-9-23(10-8-14)18(24)16-11-13(20)3-6-17(16)21/h1-6,11,14,22H,7-10H2. The second kappa shape index (κ2) is 8.37. The lowest BCUT2D eigenvalue weighted by Gasteiger charge is -2.32. The van der Waals surface area contributed by atoms with E-state index >= 15 is 0 Å². The molecule has 0 aliphatic carbocycles. The molecular formula is C18H17Cl3N2O3S. The van der Waals surface area contributed by atoms with Crippen molar-refractivity contribution in [1.29, 1.82) is 0 Å². The first-order valence-corrected chi connectivity index (χ1v) is 10.9. The number of rotatable bonds is 4. The van der Waals surface area contributed by atoms with Crippen molar-refractivity contribution in [2.75, 3.05) is 13.1 Å². The number of halogens is 3. The van der Waals surface area contributed by atoms with Gasteiger partial charge in [-0.15, -0.1) is 0 Å². The second-order valence-electron chi connectivity index (χ2n) is 6.27. The highest BCUT2D eigenvalue weighted by atomic mass is 35.5. The maximum atomic E-state index is 12.6. The maximum Gasteiger partial charge on any atom is 0.255 e. The Morgan fingerprint density at radius 2 is 1.56 bits per heavy atom. The van der Waals surface area contributed by atoms with Crippen molar-refractivity contribution in [3.63, 3.8) is 0 Å². The smallest absolute Gasteiger partial charge is 0.255 e. The first-order valence-electron chi connectivity index (χ1n) is 8.28. The van der Waals surface area contributed by atoms with Crippen LogP contribution < -0.4 is 4.72 Å². The normalized spacial score (nSPS) is 15.7. The number of sulfonamides is 1. The third-order valence-electron chi connectivity index (χ3n) is 4.39. The zero-order valence-corrected chi connectivity index (χ0v) is 17.2. The molecule has 0 spiro atoms. The lowest BCUT2D eigenvalue weighted by Crippen LogP contribution is -2.46. The van der Waals surface area contributed by atoms with Gasteiger partial charge in [0.2, 0.25) is 10.0 Å². The van der Waals surface area contributed by atoms with Crippen molar-refractivity contribution < 1.29 is 13.2 Å². The average Bonchev–Trinajstić information content (AvgIpc) is 2.64. The summed E-state index contributed by atoms with van der Waals surface area (Å²) in [7, 11) is -3.63. The van der Waals surface area contributed by atoms with Crippen molar-refractivity contribution in [3.8, 4) is 0 Å². The number of nitrogens with one attached hydrogen (secondary N) is 1. The number of hydrogen-bond donors (Lipinski definition) is 1. The van der Waals surface area contributed by atoms with Gasteiger partial charge in [0.25, 0.3) is 5.91 Å². The van der Waals surface area contributed by atoms with Gasteiger partial charge in [-0.25, -0.2) is 13.1 Å². The molecule has 0 atom stereocenters. The van der Waals surface area contributed by atoms with Gasteiger partial charge in [0.05, 0.1) is 15.5 Å². The third-order valence-corrected chi connectivity index (χ3v) is 6.74. The van der Waals surface area contributed by atoms with E-state index in [1.807, 2.05) is 0 Å². The molecule has 1 amide bonds. The Balaban J connectivity index is 1.62. The number of piperidine rings is 1. The van der Waals surface area contributed by atoms with E-state index in [4.69, 9.17) is 34.8 Å². The number of hydrogen-bond acceptors (Lipinski definition) is 3. The van der Waals surface area contributed by atoms with Crippen LogP contribution in [0.2, 0.25) is 15.1 Å². The largest absolute Gasteiger partial charge is 0.338 e. The Kier molecular flexibility index (Phi) is 6.33. The van der Waals surface area contributed by atoms with E-state index in [-0.39, 0.29) is 16.8 Å². The average molecular weight is 448 g/mol. The van der Waals surface area contributed by atoms with Crippen LogP contribution in [0.1, 0.15) is 23.2 Å². The number of carbonyl (C=O) groups is 1. The van der Waals surface area contributed by atoms with Crippen LogP contribution in [0.4, 0.5) is 0 Å². The van der Waals surface area contributed by atoms with Crippen LogP contribution >= 0.6 is 34.8 Å². The molecule has 144 valence electrons. The zero-order valence-electron chi connectivity index (χ0n) is 14.2. The highest BCUT2D eigenvalue weighted by Crippen LogP contribution is 2.24. The fourth-order valence-corrected chi connectivity index (χ4v) is 4.73. The molecular weight excluding hydrogens is 431 g/mol. The van der Waals surface area contributed by atoms with Crippen molar-refractivity contribution in [3.05, 3.63) is 63.1 Å². The van der Waals surface area contributed by atoms with E-state index in [2.05, 4.69) is 4.72 Å². The summed E-state index contributed by atoms with van der Waals surface area (Å²) in [5.41, 5.74) is 0.351. The summed E-state index contributed by atoms with van der Waals surface area (Å²) in [6, 6.07) is 10.5. The number of amides is 1. The molecule has 9 heteroatoms. The highest BCUT2D eigenvalue weighted by Gasteiger charge is 2.28. The quantitative estimate of drug-likeness (QED) is 0.763. The lowest BCUT2D eigenvalue weighted by molar-refractivity contribution is 0.0711. The molecule has 0 aromatic heterocycles. The van der Waals surface area contributed by atoms with Crippen molar-refractivity contribution in [2.24, 2.45) is 0 Å². The number of benzene rings is 2. The highest BCUT2D eigenvalue weighted by molar-refractivity contribution is 7.89. The molecule has 1 heterocycles. The first kappa shape index (κ1) is 20.4. The lowest BCUT2D eigenvalue weighted by atomic mass is 10.0. The molecule has 1 aliphatic rings. The maximum absolute atomic E-state index is 12.6. The molecule has 2 aromatic carbocycles. The van der Waals surface area contributed by atoms with E-state index < -0.39 is 10.0 Å². The van der Waals surface area contributed by atoms with Crippen LogP contribution in [0.25, 0.3) is 0 Å². The van der Waals surface area contributed by atoms with Crippen LogP contribution in [-0.4, -0.2) is 38.4 Å². The van der Waals surface area contributed by atoms with E-state index in [0.717, 1.165) is 0 Å². The molecule has 0 bridgehead atoms. The molecule has 1 aliphatic heterocycles. The Bertz CT molecular complexity index is 941. The van der Waals surface area contributed by atoms with Gasteiger partial charge in [-0.1, -0.05) is 34.8 Å². The number of likely N-dealkylation sites (tertiary alicyclic amines) is 1. The predicted octanol–water partition coefficient (Wildman–Crippen LogP) is 4.23. The predicted molar refractivity (Wildman–Crippen MR) is 107 cm³/mol. The van der Waals surface area contributed by atoms with E-state index in [1.54, 1.807) is 23.1 Å². The minimum atomic E-state index is -3.63. The molecule has 0 unspecified atom stereocenters. The van der Waals surface area contributed by atoms with Crippen LogP contribution in [0.15, 0.2) is 47.4 Å². The fourth-order valence-electron chi connectivity index (χ4n) is 2.93. The summed E-state index contributed by atoms with van der Waals surface area (Å²) in [5.74, 6) is -0.207. The molecule has 1 saturated heterocycles. The monoisotopic (exact) mass is 446 g/mol. The Morgan fingerprint density at radius 1 is 0.963 bits per heavy atom. The summed E-state index contributed by atoms with van der Waals surface area (Å²) in [5, 5.41) is 1.25. The molecule has 0 saturated carbocycles. The van der Waals surface area contributed by atoms with Crippen molar-refractivity contribution in [2.45, 2.75) is 23.8 Å². The zero-order chi connectivity index (χ0) is 19.6. The second-order valence-corrected chi connectivity index (χ2v) is 9.26. The summed E-state index contributed by atoms with van der Waals surface area (Å²) in [4.78, 5) is 14.5. The van der Waals surface area contributed by atoms with Crippen molar-refractivity contribution in [1.82, 2.24) is 9.62 Å². The van der Waals surface area contributed by atoms with Gasteiger partial charge >= 0.3 is 0 Å². The van der Waals surface area contributed by atoms with Crippen LogP contribution in [0.5, 0.6) is 0 Å². The van der Waals surface area contributed by atoms with Crippen molar-refractivity contribution >= 4 is 50.7 Å². The minimum Gasteiger partial charge on any atom is -0.338 e. The fraction of sp³-hybridized carbons (Fsp3) is 0.278. The Labute approximate surface area is 173 Å². The summed E-state index contributed by atoms with van der Waals surface area (Å²) in [6.45, 7) is 0.852. The first-order chi connectivity index (χ1) is 12.8. The Morgan fingerprint density at radius 3 is 2.19 bits per heavy atom. The molecule has 3 rings (SSSR count). The summed E-state index contributed by atoms with van der Waals surface area (Å²) in [6.07, 6.45) is 1.02. The molecule has 0 radical (unpaired) electrons.